The lowest BCUT2D eigenvalue weighted by Gasteiger charge is -2.18. The van der Waals surface area contributed by atoms with Gasteiger partial charge in [0, 0.05) is 29.3 Å². The third-order valence-corrected chi connectivity index (χ3v) is 3.88. The summed E-state index contributed by atoms with van der Waals surface area (Å²) in [4.78, 5) is 13.7. The Morgan fingerprint density at radius 3 is 2.54 bits per heavy atom. The van der Waals surface area contributed by atoms with Gasteiger partial charge >= 0.3 is 6.03 Å². The molecule has 0 aromatic heterocycles. The molecule has 0 aliphatic carbocycles. The first kappa shape index (κ1) is 18.4. The molecule has 0 unspecified atom stereocenters. The molecule has 24 heavy (non-hydrogen) atoms. The number of benzene rings is 2. The van der Waals surface area contributed by atoms with Crippen molar-refractivity contribution in [1.29, 1.82) is 0 Å². The molecule has 2 rings (SSSR count). The summed E-state index contributed by atoms with van der Waals surface area (Å²) in [6.45, 7) is 1.25. The second-order valence-electron chi connectivity index (χ2n) is 5.37. The van der Waals surface area contributed by atoms with Crippen LogP contribution in [0.15, 0.2) is 48.5 Å². The monoisotopic (exact) mass is 366 g/mol. The Kier molecular flexibility index (Phi) is 7.22. The van der Waals surface area contributed by atoms with E-state index in [1.165, 1.54) is 0 Å². The molecule has 0 saturated carbocycles. The van der Waals surface area contributed by atoms with Crippen LogP contribution < -0.4 is 10.1 Å². The van der Waals surface area contributed by atoms with E-state index in [4.69, 9.17) is 27.9 Å². The first-order chi connectivity index (χ1) is 11.5. The van der Waals surface area contributed by atoms with Crippen molar-refractivity contribution in [3.63, 3.8) is 0 Å². The lowest BCUT2D eigenvalue weighted by Crippen LogP contribution is -2.32. The number of anilines is 1. The van der Waals surface area contributed by atoms with Crippen LogP contribution in [0.25, 0.3) is 0 Å². The Hall–Kier alpha value is -1.91. The first-order valence-corrected chi connectivity index (χ1v) is 8.46. The van der Waals surface area contributed by atoms with E-state index in [-0.39, 0.29) is 6.03 Å². The van der Waals surface area contributed by atoms with Crippen LogP contribution in [0.5, 0.6) is 5.75 Å². The number of hydrogen-bond donors (Lipinski definition) is 1. The zero-order valence-electron chi connectivity index (χ0n) is 13.5. The smallest absolute Gasteiger partial charge is 0.321 e. The summed E-state index contributed by atoms with van der Waals surface area (Å²) in [6.07, 6.45) is 1.71. The van der Waals surface area contributed by atoms with E-state index in [1.807, 2.05) is 12.1 Å². The molecule has 4 nitrogen and oxygen atoms in total. The van der Waals surface area contributed by atoms with Gasteiger partial charge in [0.05, 0.1) is 6.61 Å². The van der Waals surface area contributed by atoms with E-state index in [2.05, 4.69) is 5.32 Å². The van der Waals surface area contributed by atoms with Gasteiger partial charge in [0.1, 0.15) is 5.75 Å². The van der Waals surface area contributed by atoms with Gasteiger partial charge in [-0.25, -0.2) is 4.79 Å². The maximum Gasteiger partial charge on any atom is 0.321 e. The van der Waals surface area contributed by atoms with Gasteiger partial charge in [0.25, 0.3) is 0 Å². The molecule has 2 aromatic carbocycles. The number of carbonyl (C=O) groups is 1. The SMILES string of the molecule is CN(CCCCOc1ccc(Cl)cc1)C(=O)Nc1cccc(Cl)c1. The van der Waals surface area contributed by atoms with E-state index in [1.54, 1.807) is 48.3 Å². The molecule has 0 spiro atoms. The highest BCUT2D eigenvalue weighted by atomic mass is 35.5. The molecule has 0 aliphatic rings. The van der Waals surface area contributed by atoms with E-state index in [9.17, 15) is 4.79 Å². The van der Waals surface area contributed by atoms with Gasteiger partial charge in [0.15, 0.2) is 0 Å². The van der Waals surface area contributed by atoms with Crippen molar-refractivity contribution in [2.45, 2.75) is 12.8 Å². The summed E-state index contributed by atoms with van der Waals surface area (Å²) in [5.74, 6) is 0.798. The minimum atomic E-state index is -0.157. The first-order valence-electron chi connectivity index (χ1n) is 7.70. The highest BCUT2D eigenvalue weighted by Gasteiger charge is 2.08. The highest BCUT2D eigenvalue weighted by Crippen LogP contribution is 2.16. The van der Waals surface area contributed by atoms with E-state index in [0.29, 0.717) is 28.9 Å². The third kappa shape index (κ3) is 6.30. The van der Waals surface area contributed by atoms with Gasteiger partial charge in [-0.2, -0.15) is 0 Å². The predicted octanol–water partition coefficient (Wildman–Crippen LogP) is 5.32. The number of halogens is 2. The molecular weight excluding hydrogens is 347 g/mol. The largest absolute Gasteiger partial charge is 0.494 e. The number of urea groups is 1. The van der Waals surface area contributed by atoms with Crippen LogP contribution in [-0.4, -0.2) is 31.1 Å². The number of nitrogens with one attached hydrogen (secondary N) is 1. The number of unbranched alkanes of at least 4 members (excludes halogenated alkanes) is 1. The summed E-state index contributed by atoms with van der Waals surface area (Å²) >= 11 is 11.7. The van der Waals surface area contributed by atoms with Gasteiger partial charge in [-0.1, -0.05) is 29.3 Å². The van der Waals surface area contributed by atoms with Crippen LogP contribution in [0.1, 0.15) is 12.8 Å². The molecule has 0 heterocycles. The van der Waals surface area contributed by atoms with Crippen molar-refractivity contribution in [2.75, 3.05) is 25.5 Å². The van der Waals surface area contributed by atoms with Gasteiger partial charge in [-0.05, 0) is 55.3 Å². The Balaban J connectivity index is 1.64. The van der Waals surface area contributed by atoms with Gasteiger partial charge in [0.2, 0.25) is 0 Å². The fraction of sp³-hybridized carbons (Fsp3) is 0.278. The lowest BCUT2D eigenvalue weighted by atomic mass is 10.3. The number of amides is 2. The molecule has 6 heteroatoms. The fourth-order valence-corrected chi connectivity index (χ4v) is 2.37. The number of rotatable bonds is 7. The fourth-order valence-electron chi connectivity index (χ4n) is 2.06. The van der Waals surface area contributed by atoms with Gasteiger partial charge in [-0.3, -0.25) is 0 Å². The Labute approximate surface area is 152 Å². The molecule has 0 aliphatic heterocycles. The zero-order chi connectivity index (χ0) is 17.4. The van der Waals surface area contributed by atoms with Crippen LogP contribution in [0.2, 0.25) is 10.0 Å². The van der Waals surface area contributed by atoms with Crippen LogP contribution >= 0.6 is 23.2 Å². The van der Waals surface area contributed by atoms with Crippen molar-refractivity contribution in [3.8, 4) is 5.75 Å². The number of carbonyl (C=O) groups excluding carboxylic acids is 1. The van der Waals surface area contributed by atoms with E-state index >= 15 is 0 Å². The quantitative estimate of drug-likeness (QED) is 0.674. The zero-order valence-corrected chi connectivity index (χ0v) is 15.0. The standard InChI is InChI=1S/C18H20Cl2N2O2/c1-22(18(23)21-16-6-4-5-15(20)13-16)11-2-3-12-24-17-9-7-14(19)8-10-17/h4-10,13H,2-3,11-12H2,1H3,(H,21,23). The molecule has 0 radical (unpaired) electrons. The van der Waals surface area contributed by atoms with E-state index < -0.39 is 0 Å². The normalized spacial score (nSPS) is 10.3. The van der Waals surface area contributed by atoms with Crippen molar-refractivity contribution >= 4 is 34.9 Å². The summed E-state index contributed by atoms with van der Waals surface area (Å²) < 4.78 is 5.62. The Morgan fingerprint density at radius 1 is 1.08 bits per heavy atom. The molecule has 2 aromatic rings. The number of hydrogen-bond acceptors (Lipinski definition) is 2. The Bertz CT molecular complexity index is 662. The summed E-state index contributed by atoms with van der Waals surface area (Å²) in [5, 5.41) is 4.10. The minimum Gasteiger partial charge on any atom is -0.494 e. The maximum absolute atomic E-state index is 12.1. The van der Waals surface area contributed by atoms with Crippen molar-refractivity contribution in [1.82, 2.24) is 4.90 Å². The van der Waals surface area contributed by atoms with Crippen LogP contribution in [0.4, 0.5) is 10.5 Å². The Morgan fingerprint density at radius 2 is 1.83 bits per heavy atom. The second kappa shape index (κ2) is 9.40. The molecule has 0 bridgehead atoms. The minimum absolute atomic E-state index is 0.157. The van der Waals surface area contributed by atoms with Crippen LogP contribution in [-0.2, 0) is 0 Å². The average molecular weight is 367 g/mol. The highest BCUT2D eigenvalue weighted by molar-refractivity contribution is 6.31. The molecular formula is C18H20Cl2N2O2. The third-order valence-electron chi connectivity index (χ3n) is 3.39. The maximum atomic E-state index is 12.1. The summed E-state index contributed by atoms with van der Waals surface area (Å²) in [5.41, 5.74) is 0.686. The molecule has 2 amide bonds. The average Bonchev–Trinajstić information content (AvgIpc) is 2.56. The predicted molar refractivity (Wildman–Crippen MR) is 99.3 cm³/mol. The second-order valence-corrected chi connectivity index (χ2v) is 6.24. The number of nitrogens with zero attached hydrogens (tertiary/aromatic N) is 1. The molecule has 128 valence electrons. The van der Waals surface area contributed by atoms with Crippen molar-refractivity contribution < 1.29 is 9.53 Å². The van der Waals surface area contributed by atoms with Crippen molar-refractivity contribution in [2.24, 2.45) is 0 Å². The van der Waals surface area contributed by atoms with Crippen molar-refractivity contribution in [3.05, 3.63) is 58.6 Å². The molecule has 0 saturated heterocycles. The molecule has 0 atom stereocenters. The topological polar surface area (TPSA) is 41.6 Å². The van der Waals surface area contributed by atoms with Gasteiger partial charge < -0.3 is 15.0 Å². The lowest BCUT2D eigenvalue weighted by molar-refractivity contribution is 0.219. The molecule has 0 fully saturated rings. The summed E-state index contributed by atoms with van der Waals surface area (Å²) in [6, 6.07) is 14.2. The van der Waals surface area contributed by atoms with E-state index in [0.717, 1.165) is 18.6 Å². The van der Waals surface area contributed by atoms with Crippen LogP contribution in [0.3, 0.4) is 0 Å². The molecule has 1 N–H and O–H groups in total. The number of ether oxygens (including phenoxy) is 1. The summed E-state index contributed by atoms with van der Waals surface area (Å²) in [7, 11) is 1.76. The van der Waals surface area contributed by atoms with Crippen LogP contribution in [0, 0.1) is 0 Å². The van der Waals surface area contributed by atoms with Gasteiger partial charge in [-0.15, -0.1) is 0 Å².